The fourth-order valence-corrected chi connectivity index (χ4v) is 2.58. The maximum atomic E-state index is 11.6. The van der Waals surface area contributed by atoms with Crippen molar-refractivity contribution in [3.63, 3.8) is 0 Å². The minimum Gasteiger partial charge on any atom is -0.326 e. The summed E-state index contributed by atoms with van der Waals surface area (Å²) in [5.74, 6) is 0. The number of aromatic nitrogens is 3. The third-order valence-electron chi connectivity index (χ3n) is 2.56. The molecule has 0 saturated carbocycles. The molecular weight excluding hydrogens is 248 g/mol. The number of aromatic amines is 1. The third-order valence-corrected chi connectivity index (χ3v) is 3.54. The van der Waals surface area contributed by atoms with Crippen molar-refractivity contribution in [2.45, 2.75) is 36.5 Å². The van der Waals surface area contributed by atoms with Crippen LogP contribution in [0.4, 0.5) is 0 Å². The van der Waals surface area contributed by atoms with Gasteiger partial charge in [0.25, 0.3) is 0 Å². The monoisotopic (exact) mass is 264 g/mol. The standard InChI is InChI=1S/C12H16N4OS/c1-8(2)16-11(17)14-15-12(16)18-10-5-3-9(7-13)4-6-10/h3-6,8H,7,13H2,1-2H3,(H,14,17). The first-order chi connectivity index (χ1) is 8.61. The highest BCUT2D eigenvalue weighted by Crippen LogP contribution is 2.26. The number of H-pyrrole nitrogens is 1. The minimum absolute atomic E-state index is 0.0852. The lowest BCUT2D eigenvalue weighted by Crippen LogP contribution is -2.19. The highest BCUT2D eigenvalue weighted by Gasteiger charge is 2.12. The first-order valence-electron chi connectivity index (χ1n) is 5.75. The van der Waals surface area contributed by atoms with E-state index in [4.69, 9.17) is 5.73 Å². The highest BCUT2D eigenvalue weighted by molar-refractivity contribution is 7.99. The summed E-state index contributed by atoms with van der Waals surface area (Å²) in [6.07, 6.45) is 0. The van der Waals surface area contributed by atoms with E-state index in [1.54, 1.807) is 4.57 Å². The van der Waals surface area contributed by atoms with Crippen LogP contribution < -0.4 is 11.4 Å². The Morgan fingerprint density at radius 1 is 1.39 bits per heavy atom. The van der Waals surface area contributed by atoms with Crippen molar-refractivity contribution in [3.05, 3.63) is 40.3 Å². The molecule has 1 heterocycles. The summed E-state index contributed by atoms with van der Waals surface area (Å²) in [5, 5.41) is 7.19. The van der Waals surface area contributed by atoms with Gasteiger partial charge in [0.05, 0.1) is 0 Å². The van der Waals surface area contributed by atoms with Crippen LogP contribution in [0.1, 0.15) is 25.5 Å². The lowest BCUT2D eigenvalue weighted by molar-refractivity contribution is 0.534. The number of rotatable bonds is 4. The summed E-state index contributed by atoms with van der Waals surface area (Å²) < 4.78 is 1.64. The average molecular weight is 264 g/mol. The van der Waals surface area contributed by atoms with Gasteiger partial charge in [0, 0.05) is 17.5 Å². The van der Waals surface area contributed by atoms with E-state index < -0.39 is 0 Å². The highest BCUT2D eigenvalue weighted by atomic mass is 32.2. The Bertz CT molecular complexity index is 571. The van der Waals surface area contributed by atoms with Gasteiger partial charge in [-0.15, -0.1) is 5.10 Å². The lowest BCUT2D eigenvalue weighted by atomic mass is 10.2. The van der Waals surface area contributed by atoms with Crippen molar-refractivity contribution in [2.75, 3.05) is 0 Å². The zero-order chi connectivity index (χ0) is 13.1. The molecule has 0 atom stereocenters. The molecule has 0 aliphatic heterocycles. The Kier molecular flexibility index (Phi) is 3.88. The molecule has 0 saturated heterocycles. The topological polar surface area (TPSA) is 76.7 Å². The summed E-state index contributed by atoms with van der Waals surface area (Å²) >= 11 is 1.46. The van der Waals surface area contributed by atoms with Crippen molar-refractivity contribution in [2.24, 2.45) is 5.73 Å². The summed E-state index contributed by atoms with van der Waals surface area (Å²) in [6, 6.07) is 8.01. The van der Waals surface area contributed by atoms with E-state index in [1.165, 1.54) is 11.8 Å². The number of hydrogen-bond acceptors (Lipinski definition) is 4. The summed E-state index contributed by atoms with van der Waals surface area (Å²) in [6.45, 7) is 4.45. The van der Waals surface area contributed by atoms with Gasteiger partial charge < -0.3 is 5.73 Å². The number of nitrogens with zero attached hydrogens (tertiary/aromatic N) is 2. The second-order valence-corrected chi connectivity index (χ2v) is 5.27. The Morgan fingerprint density at radius 2 is 2.06 bits per heavy atom. The van der Waals surface area contributed by atoms with Crippen LogP contribution in [0.25, 0.3) is 0 Å². The zero-order valence-corrected chi connectivity index (χ0v) is 11.2. The second-order valence-electron chi connectivity index (χ2n) is 4.23. The molecule has 5 nitrogen and oxygen atoms in total. The molecule has 2 rings (SSSR count). The predicted octanol–water partition coefficient (Wildman–Crippen LogP) is 1.76. The molecule has 6 heteroatoms. The number of hydrogen-bond donors (Lipinski definition) is 2. The molecule has 1 aromatic carbocycles. The summed E-state index contributed by atoms with van der Waals surface area (Å²) in [4.78, 5) is 12.6. The van der Waals surface area contributed by atoms with Crippen LogP contribution >= 0.6 is 11.8 Å². The molecule has 0 aliphatic carbocycles. The third kappa shape index (κ3) is 2.65. The van der Waals surface area contributed by atoms with Gasteiger partial charge in [-0.2, -0.15) is 0 Å². The molecule has 1 aromatic heterocycles. The predicted molar refractivity (Wildman–Crippen MR) is 71.7 cm³/mol. The van der Waals surface area contributed by atoms with Crippen LogP contribution in [0.3, 0.4) is 0 Å². The van der Waals surface area contributed by atoms with E-state index >= 15 is 0 Å². The largest absolute Gasteiger partial charge is 0.344 e. The molecule has 0 spiro atoms. The fraction of sp³-hybridized carbons (Fsp3) is 0.333. The van der Waals surface area contributed by atoms with Crippen LogP contribution in [0, 0.1) is 0 Å². The van der Waals surface area contributed by atoms with Gasteiger partial charge >= 0.3 is 5.69 Å². The van der Waals surface area contributed by atoms with Gasteiger partial charge in [0.2, 0.25) is 0 Å². The van der Waals surface area contributed by atoms with Gasteiger partial charge in [0.1, 0.15) is 0 Å². The first-order valence-corrected chi connectivity index (χ1v) is 6.57. The van der Waals surface area contributed by atoms with Gasteiger partial charge in [-0.1, -0.05) is 12.1 Å². The Balaban J connectivity index is 2.25. The van der Waals surface area contributed by atoms with Crippen LogP contribution in [0.5, 0.6) is 0 Å². The van der Waals surface area contributed by atoms with Crippen LogP contribution in [-0.2, 0) is 6.54 Å². The SMILES string of the molecule is CC(C)n1c(Sc2ccc(CN)cc2)n[nH]c1=O. The van der Waals surface area contributed by atoms with E-state index in [0.717, 1.165) is 10.5 Å². The molecule has 0 aliphatic rings. The van der Waals surface area contributed by atoms with Crippen LogP contribution in [0.15, 0.2) is 39.1 Å². The van der Waals surface area contributed by atoms with Gasteiger partial charge in [-0.25, -0.2) is 9.89 Å². The number of benzene rings is 1. The van der Waals surface area contributed by atoms with Crippen molar-refractivity contribution in [1.29, 1.82) is 0 Å². The second kappa shape index (κ2) is 5.41. The first kappa shape index (κ1) is 12.9. The lowest BCUT2D eigenvalue weighted by Gasteiger charge is -2.08. The van der Waals surface area contributed by atoms with E-state index in [1.807, 2.05) is 38.1 Å². The molecule has 0 unspecified atom stereocenters. The molecule has 3 N–H and O–H groups in total. The summed E-state index contributed by atoms with van der Waals surface area (Å²) in [5.41, 5.74) is 6.46. The van der Waals surface area contributed by atoms with Crippen molar-refractivity contribution < 1.29 is 0 Å². The van der Waals surface area contributed by atoms with E-state index in [2.05, 4.69) is 10.2 Å². The van der Waals surface area contributed by atoms with Gasteiger partial charge in [-0.3, -0.25) is 4.57 Å². The number of nitrogens with two attached hydrogens (primary N) is 1. The summed E-state index contributed by atoms with van der Waals surface area (Å²) in [7, 11) is 0. The normalized spacial score (nSPS) is 11.1. The Labute approximate surface area is 109 Å². The zero-order valence-electron chi connectivity index (χ0n) is 10.4. The molecule has 0 amide bonds. The quantitative estimate of drug-likeness (QED) is 0.882. The van der Waals surface area contributed by atoms with Crippen molar-refractivity contribution in [3.8, 4) is 0 Å². The van der Waals surface area contributed by atoms with E-state index in [9.17, 15) is 4.79 Å². The van der Waals surface area contributed by atoms with E-state index in [0.29, 0.717) is 11.7 Å². The van der Waals surface area contributed by atoms with Crippen LogP contribution in [-0.4, -0.2) is 14.8 Å². The Morgan fingerprint density at radius 3 is 2.61 bits per heavy atom. The van der Waals surface area contributed by atoms with Crippen molar-refractivity contribution in [1.82, 2.24) is 14.8 Å². The van der Waals surface area contributed by atoms with Gasteiger partial charge in [0.15, 0.2) is 5.16 Å². The molecular formula is C12H16N4OS. The Hall–Kier alpha value is -1.53. The molecule has 0 fully saturated rings. The molecule has 2 aromatic rings. The molecule has 0 bridgehead atoms. The maximum Gasteiger partial charge on any atom is 0.344 e. The van der Waals surface area contributed by atoms with E-state index in [-0.39, 0.29) is 11.7 Å². The molecule has 0 radical (unpaired) electrons. The smallest absolute Gasteiger partial charge is 0.326 e. The maximum absolute atomic E-state index is 11.6. The molecule has 18 heavy (non-hydrogen) atoms. The number of nitrogens with one attached hydrogen (secondary N) is 1. The fourth-order valence-electron chi connectivity index (χ4n) is 1.62. The molecule has 96 valence electrons. The van der Waals surface area contributed by atoms with Crippen molar-refractivity contribution >= 4 is 11.8 Å². The van der Waals surface area contributed by atoms with Gasteiger partial charge in [-0.05, 0) is 43.3 Å². The average Bonchev–Trinajstić information content (AvgIpc) is 2.71. The minimum atomic E-state index is -0.175. The van der Waals surface area contributed by atoms with Crippen LogP contribution in [0.2, 0.25) is 0 Å².